The van der Waals surface area contributed by atoms with Crippen LogP contribution in [0.25, 0.3) is 0 Å². The highest BCUT2D eigenvalue weighted by molar-refractivity contribution is 5.83. The lowest BCUT2D eigenvalue weighted by atomic mass is 9.98. The lowest BCUT2D eigenvalue weighted by Crippen LogP contribution is -2.53. The Labute approximate surface area is 126 Å². The van der Waals surface area contributed by atoms with Gasteiger partial charge >= 0.3 is 0 Å². The third-order valence-electron chi connectivity index (χ3n) is 4.25. The molecule has 4 N–H and O–H groups in total. The molecule has 1 unspecified atom stereocenters. The van der Waals surface area contributed by atoms with Crippen molar-refractivity contribution in [3.05, 3.63) is 29.8 Å². The first-order valence-electron chi connectivity index (χ1n) is 7.51. The highest BCUT2D eigenvalue weighted by Crippen LogP contribution is 2.18. The fourth-order valence-corrected chi connectivity index (χ4v) is 2.57. The van der Waals surface area contributed by atoms with Crippen LogP contribution in [-0.4, -0.2) is 49.1 Å². The standard InChI is InChI=1S/C16H26N4O/c1-13-4-3-5-14(12-13)20-10-8-19(9-11-20)7-6-16(2,18)15(17)21/h3-5,12H,6-11,18H2,1-2H3,(H2,17,21). The van der Waals surface area contributed by atoms with Crippen molar-refractivity contribution in [1.29, 1.82) is 0 Å². The third kappa shape index (κ3) is 4.19. The fraction of sp³-hybridized carbons (Fsp3) is 0.562. The first-order chi connectivity index (χ1) is 9.88. The van der Waals surface area contributed by atoms with Gasteiger partial charge in [-0.05, 0) is 38.0 Å². The van der Waals surface area contributed by atoms with Crippen LogP contribution in [0.1, 0.15) is 18.9 Å². The number of hydrogen-bond donors (Lipinski definition) is 2. The monoisotopic (exact) mass is 290 g/mol. The number of aryl methyl sites for hydroxylation is 1. The van der Waals surface area contributed by atoms with Crippen molar-refractivity contribution < 1.29 is 4.79 Å². The number of anilines is 1. The summed E-state index contributed by atoms with van der Waals surface area (Å²) in [6.45, 7) is 8.62. The SMILES string of the molecule is Cc1cccc(N2CCN(CCC(C)(N)C(N)=O)CC2)c1. The highest BCUT2D eigenvalue weighted by atomic mass is 16.1. The van der Waals surface area contributed by atoms with Gasteiger partial charge in [-0.1, -0.05) is 12.1 Å². The second-order valence-electron chi connectivity index (χ2n) is 6.20. The van der Waals surface area contributed by atoms with Crippen molar-refractivity contribution in [2.75, 3.05) is 37.6 Å². The second-order valence-corrected chi connectivity index (χ2v) is 6.20. The van der Waals surface area contributed by atoms with Crippen molar-refractivity contribution in [2.24, 2.45) is 11.5 Å². The Kier molecular flexibility index (Phi) is 4.85. The molecular weight excluding hydrogens is 264 g/mol. The molecule has 1 aromatic rings. The molecule has 1 aliphatic heterocycles. The molecule has 2 rings (SSSR count). The summed E-state index contributed by atoms with van der Waals surface area (Å²) in [6.07, 6.45) is 0.604. The zero-order valence-corrected chi connectivity index (χ0v) is 13.0. The topological polar surface area (TPSA) is 75.6 Å². The molecule has 1 heterocycles. The maximum atomic E-state index is 11.2. The molecule has 0 radical (unpaired) electrons. The summed E-state index contributed by atoms with van der Waals surface area (Å²) < 4.78 is 0. The number of nitrogens with zero attached hydrogens (tertiary/aromatic N) is 2. The smallest absolute Gasteiger partial charge is 0.237 e. The van der Waals surface area contributed by atoms with E-state index in [1.807, 2.05) is 0 Å². The van der Waals surface area contributed by atoms with Crippen LogP contribution < -0.4 is 16.4 Å². The number of carbonyl (C=O) groups is 1. The minimum Gasteiger partial charge on any atom is -0.369 e. The van der Waals surface area contributed by atoms with E-state index in [0.717, 1.165) is 32.7 Å². The number of primary amides is 1. The van der Waals surface area contributed by atoms with Crippen molar-refractivity contribution in [3.63, 3.8) is 0 Å². The Balaban J connectivity index is 1.82. The van der Waals surface area contributed by atoms with E-state index < -0.39 is 11.4 Å². The summed E-state index contributed by atoms with van der Waals surface area (Å²) >= 11 is 0. The molecule has 116 valence electrons. The quantitative estimate of drug-likeness (QED) is 0.837. The summed E-state index contributed by atoms with van der Waals surface area (Å²) in [5.41, 5.74) is 12.9. The van der Waals surface area contributed by atoms with Gasteiger partial charge in [0.2, 0.25) is 5.91 Å². The molecule has 0 aliphatic carbocycles. The summed E-state index contributed by atoms with van der Waals surface area (Å²) in [5, 5.41) is 0. The number of rotatable bonds is 5. The molecule has 1 aliphatic rings. The number of piperazine rings is 1. The first-order valence-corrected chi connectivity index (χ1v) is 7.51. The minimum absolute atomic E-state index is 0.430. The van der Waals surface area contributed by atoms with Crippen LogP contribution >= 0.6 is 0 Å². The predicted molar refractivity (Wildman–Crippen MR) is 86.2 cm³/mol. The predicted octanol–water partition coefficient (Wildman–Crippen LogP) is 0.710. The maximum absolute atomic E-state index is 11.2. The summed E-state index contributed by atoms with van der Waals surface area (Å²) in [6, 6.07) is 8.60. The largest absolute Gasteiger partial charge is 0.369 e. The molecule has 5 nitrogen and oxygen atoms in total. The average Bonchev–Trinajstić information content (AvgIpc) is 2.45. The van der Waals surface area contributed by atoms with Crippen LogP contribution in [0.15, 0.2) is 24.3 Å². The van der Waals surface area contributed by atoms with Crippen LogP contribution in [0.2, 0.25) is 0 Å². The molecule has 21 heavy (non-hydrogen) atoms. The zero-order chi connectivity index (χ0) is 15.5. The molecule has 1 saturated heterocycles. The lowest BCUT2D eigenvalue weighted by molar-refractivity contribution is -0.122. The summed E-state index contributed by atoms with van der Waals surface area (Å²) in [4.78, 5) is 16.0. The van der Waals surface area contributed by atoms with E-state index in [4.69, 9.17) is 11.5 Å². The molecule has 0 aromatic heterocycles. The summed E-state index contributed by atoms with van der Waals surface area (Å²) in [5.74, 6) is -0.430. The molecule has 1 amide bonds. The van der Waals surface area contributed by atoms with Gasteiger partial charge in [0, 0.05) is 38.4 Å². The van der Waals surface area contributed by atoms with Crippen LogP contribution in [0.5, 0.6) is 0 Å². The van der Waals surface area contributed by atoms with Gasteiger partial charge in [-0.2, -0.15) is 0 Å². The van der Waals surface area contributed by atoms with Crippen molar-refractivity contribution >= 4 is 11.6 Å². The molecule has 1 fully saturated rings. The first kappa shape index (κ1) is 15.8. The van der Waals surface area contributed by atoms with E-state index in [0.29, 0.717) is 6.42 Å². The third-order valence-corrected chi connectivity index (χ3v) is 4.25. The Bertz CT molecular complexity index is 493. The van der Waals surface area contributed by atoms with Gasteiger partial charge in [0.15, 0.2) is 0 Å². The Morgan fingerprint density at radius 3 is 2.52 bits per heavy atom. The van der Waals surface area contributed by atoms with Gasteiger partial charge in [0.25, 0.3) is 0 Å². The number of carbonyl (C=O) groups excluding carboxylic acids is 1. The Morgan fingerprint density at radius 1 is 1.29 bits per heavy atom. The normalized spacial score (nSPS) is 19.3. The van der Waals surface area contributed by atoms with E-state index in [1.54, 1.807) is 6.92 Å². The Hall–Kier alpha value is -1.59. The van der Waals surface area contributed by atoms with Gasteiger partial charge in [-0.25, -0.2) is 0 Å². The van der Waals surface area contributed by atoms with Gasteiger partial charge in [0.05, 0.1) is 5.54 Å². The van der Waals surface area contributed by atoms with E-state index >= 15 is 0 Å². The van der Waals surface area contributed by atoms with Crippen molar-refractivity contribution in [1.82, 2.24) is 4.90 Å². The molecule has 0 bridgehead atoms. The van der Waals surface area contributed by atoms with Crippen LogP contribution in [0.4, 0.5) is 5.69 Å². The van der Waals surface area contributed by atoms with Crippen LogP contribution in [0, 0.1) is 6.92 Å². The molecule has 0 saturated carbocycles. The van der Waals surface area contributed by atoms with Gasteiger partial charge in [-0.15, -0.1) is 0 Å². The Morgan fingerprint density at radius 2 is 1.95 bits per heavy atom. The van der Waals surface area contributed by atoms with E-state index in [-0.39, 0.29) is 0 Å². The zero-order valence-electron chi connectivity index (χ0n) is 13.0. The van der Waals surface area contributed by atoms with Gasteiger partial charge in [0.1, 0.15) is 0 Å². The molecule has 0 spiro atoms. The van der Waals surface area contributed by atoms with Crippen LogP contribution in [0.3, 0.4) is 0 Å². The molecule has 1 aromatic carbocycles. The van der Waals surface area contributed by atoms with E-state index in [1.165, 1.54) is 11.3 Å². The number of benzene rings is 1. The fourth-order valence-electron chi connectivity index (χ4n) is 2.57. The van der Waals surface area contributed by atoms with Crippen molar-refractivity contribution in [3.8, 4) is 0 Å². The van der Waals surface area contributed by atoms with Gasteiger partial charge < -0.3 is 16.4 Å². The van der Waals surface area contributed by atoms with E-state index in [9.17, 15) is 4.79 Å². The number of nitrogens with two attached hydrogens (primary N) is 2. The van der Waals surface area contributed by atoms with Crippen molar-refractivity contribution in [2.45, 2.75) is 25.8 Å². The number of amides is 1. The number of hydrogen-bond acceptors (Lipinski definition) is 4. The van der Waals surface area contributed by atoms with E-state index in [2.05, 4.69) is 41.0 Å². The molecule has 1 atom stereocenters. The van der Waals surface area contributed by atoms with Gasteiger partial charge in [-0.3, -0.25) is 9.69 Å². The summed E-state index contributed by atoms with van der Waals surface area (Å²) in [7, 11) is 0. The maximum Gasteiger partial charge on any atom is 0.237 e. The second kappa shape index (κ2) is 6.45. The lowest BCUT2D eigenvalue weighted by Gasteiger charge is -2.37. The average molecular weight is 290 g/mol. The minimum atomic E-state index is -0.909. The van der Waals surface area contributed by atoms with Crippen LogP contribution in [-0.2, 0) is 4.79 Å². The highest BCUT2D eigenvalue weighted by Gasteiger charge is 2.27. The molecule has 5 heteroatoms. The molecular formula is C16H26N4O.